The Morgan fingerprint density at radius 2 is 1.83 bits per heavy atom. The van der Waals surface area contributed by atoms with Gasteiger partial charge < -0.3 is 4.98 Å². The summed E-state index contributed by atoms with van der Waals surface area (Å²) in [6, 6.07) is 24.8. The van der Waals surface area contributed by atoms with E-state index < -0.39 is 0 Å². The fraction of sp³-hybridized carbons (Fsp3) is 0.148. The largest absolute Gasteiger partial charge is 0.322 e. The zero-order valence-electron chi connectivity index (χ0n) is 16.6. The number of thioether (sulfide) groups is 1. The molecular formula is C27H21NOS. The highest BCUT2D eigenvalue weighted by molar-refractivity contribution is 7.99. The number of nitrogens with one attached hydrogen (secondary N) is 1. The van der Waals surface area contributed by atoms with Crippen LogP contribution in [0.4, 0.5) is 0 Å². The Kier molecular flexibility index (Phi) is 5.17. The SMILES string of the molecule is O=c1[nH]c2ccc(C#CCc3ccccc3)cc2cc1Cc1ccc2c(c1)CCS2. The van der Waals surface area contributed by atoms with Gasteiger partial charge in [-0.25, -0.2) is 0 Å². The van der Waals surface area contributed by atoms with Crippen LogP contribution < -0.4 is 5.56 Å². The van der Waals surface area contributed by atoms with Crippen molar-refractivity contribution in [2.75, 3.05) is 5.75 Å². The summed E-state index contributed by atoms with van der Waals surface area (Å²) in [7, 11) is 0. The van der Waals surface area contributed by atoms with Crippen LogP contribution in [0.25, 0.3) is 10.9 Å². The zero-order valence-corrected chi connectivity index (χ0v) is 17.4. The summed E-state index contributed by atoms with van der Waals surface area (Å²) in [4.78, 5) is 17.0. The molecule has 0 saturated heterocycles. The Morgan fingerprint density at radius 1 is 0.933 bits per heavy atom. The third-order valence-electron chi connectivity index (χ3n) is 5.44. The summed E-state index contributed by atoms with van der Waals surface area (Å²) < 4.78 is 0. The predicted octanol–water partition coefficient (Wildman–Crippen LogP) is 5.36. The Balaban J connectivity index is 1.41. The molecule has 1 aliphatic rings. The summed E-state index contributed by atoms with van der Waals surface area (Å²) in [5.74, 6) is 7.66. The van der Waals surface area contributed by atoms with Crippen molar-refractivity contribution in [2.24, 2.45) is 0 Å². The van der Waals surface area contributed by atoms with Gasteiger partial charge in [0.15, 0.2) is 0 Å². The fourth-order valence-corrected chi connectivity index (χ4v) is 4.93. The van der Waals surface area contributed by atoms with Crippen LogP contribution in [0.3, 0.4) is 0 Å². The quantitative estimate of drug-likeness (QED) is 0.464. The molecule has 3 heteroatoms. The van der Waals surface area contributed by atoms with E-state index in [2.05, 4.69) is 53.2 Å². The minimum Gasteiger partial charge on any atom is -0.322 e. The fourth-order valence-electron chi connectivity index (χ4n) is 3.87. The molecule has 0 aliphatic carbocycles. The Bertz CT molecular complexity index is 1340. The maximum atomic E-state index is 12.6. The summed E-state index contributed by atoms with van der Waals surface area (Å²) in [5, 5.41) is 1.02. The number of pyridine rings is 1. The summed E-state index contributed by atoms with van der Waals surface area (Å²) in [6.07, 6.45) is 2.49. The van der Waals surface area contributed by atoms with Crippen LogP contribution >= 0.6 is 11.8 Å². The van der Waals surface area contributed by atoms with E-state index in [-0.39, 0.29) is 5.56 Å². The van der Waals surface area contributed by atoms with Crippen molar-refractivity contribution < 1.29 is 0 Å². The number of aromatic nitrogens is 1. The molecule has 0 saturated carbocycles. The molecule has 1 aliphatic heterocycles. The standard InChI is InChI=1S/C27H21NOS/c29-27-24(17-21-10-12-26-22(16-21)13-14-30-26)18-23-15-20(9-11-25(23)28-27)8-4-7-19-5-2-1-3-6-19/h1-3,5-6,9-12,15-16,18H,7,13-14,17H2,(H,28,29). The smallest absolute Gasteiger partial charge is 0.251 e. The molecule has 0 amide bonds. The van der Waals surface area contributed by atoms with Gasteiger partial charge in [0, 0.05) is 40.1 Å². The Hall–Kier alpha value is -3.22. The van der Waals surface area contributed by atoms with E-state index >= 15 is 0 Å². The summed E-state index contributed by atoms with van der Waals surface area (Å²) in [5.41, 5.74) is 6.41. The average molecular weight is 408 g/mol. The van der Waals surface area contributed by atoms with Crippen molar-refractivity contribution in [1.82, 2.24) is 4.98 Å². The van der Waals surface area contributed by atoms with Gasteiger partial charge in [-0.05, 0) is 58.8 Å². The first-order valence-corrected chi connectivity index (χ1v) is 11.2. The maximum Gasteiger partial charge on any atom is 0.251 e. The second-order valence-electron chi connectivity index (χ2n) is 7.61. The molecule has 0 unspecified atom stereocenters. The van der Waals surface area contributed by atoms with Crippen LogP contribution in [0.2, 0.25) is 0 Å². The number of H-pyrrole nitrogens is 1. The number of hydrogen-bond acceptors (Lipinski definition) is 2. The number of aromatic amines is 1. The van der Waals surface area contributed by atoms with Crippen LogP contribution in [0.1, 0.15) is 27.8 Å². The molecule has 1 aromatic heterocycles. The normalized spacial score (nSPS) is 12.4. The topological polar surface area (TPSA) is 32.9 Å². The van der Waals surface area contributed by atoms with Gasteiger partial charge in [0.2, 0.25) is 0 Å². The van der Waals surface area contributed by atoms with Gasteiger partial charge in [-0.15, -0.1) is 11.8 Å². The van der Waals surface area contributed by atoms with Gasteiger partial charge in [0.1, 0.15) is 0 Å². The van der Waals surface area contributed by atoms with Crippen LogP contribution in [0, 0.1) is 11.8 Å². The second-order valence-corrected chi connectivity index (χ2v) is 8.74. The van der Waals surface area contributed by atoms with Crippen LogP contribution in [-0.4, -0.2) is 10.7 Å². The van der Waals surface area contributed by atoms with Gasteiger partial charge >= 0.3 is 0 Å². The Labute approximate surface area is 180 Å². The summed E-state index contributed by atoms with van der Waals surface area (Å²) in [6.45, 7) is 0. The van der Waals surface area contributed by atoms with Gasteiger partial charge in [-0.3, -0.25) is 4.79 Å². The van der Waals surface area contributed by atoms with Crippen molar-refractivity contribution in [3.8, 4) is 11.8 Å². The lowest BCUT2D eigenvalue weighted by Gasteiger charge is -2.06. The molecule has 0 bridgehead atoms. The van der Waals surface area contributed by atoms with E-state index in [0.717, 1.165) is 40.6 Å². The van der Waals surface area contributed by atoms with Gasteiger partial charge in [-0.1, -0.05) is 54.3 Å². The molecule has 5 rings (SSSR count). The first-order valence-electron chi connectivity index (χ1n) is 10.2. The van der Waals surface area contributed by atoms with Crippen LogP contribution in [0.15, 0.2) is 82.5 Å². The Morgan fingerprint density at radius 3 is 2.73 bits per heavy atom. The number of benzene rings is 3. The molecule has 0 fully saturated rings. The van der Waals surface area contributed by atoms with E-state index in [1.807, 2.05) is 48.2 Å². The lowest BCUT2D eigenvalue weighted by molar-refractivity contribution is 1.08. The molecule has 2 nitrogen and oxygen atoms in total. The molecule has 30 heavy (non-hydrogen) atoms. The molecule has 4 aromatic rings. The summed E-state index contributed by atoms with van der Waals surface area (Å²) >= 11 is 1.91. The number of aryl methyl sites for hydroxylation is 1. The third-order valence-corrected chi connectivity index (χ3v) is 6.56. The van der Waals surface area contributed by atoms with Crippen molar-refractivity contribution in [1.29, 1.82) is 0 Å². The van der Waals surface area contributed by atoms with Crippen LogP contribution in [-0.2, 0) is 19.3 Å². The van der Waals surface area contributed by atoms with E-state index in [0.29, 0.717) is 6.42 Å². The minimum absolute atomic E-state index is 0.0136. The minimum atomic E-state index is -0.0136. The maximum absolute atomic E-state index is 12.6. The zero-order chi connectivity index (χ0) is 20.3. The predicted molar refractivity (Wildman–Crippen MR) is 125 cm³/mol. The highest BCUT2D eigenvalue weighted by atomic mass is 32.2. The average Bonchev–Trinajstić information content (AvgIpc) is 3.23. The second kappa shape index (κ2) is 8.26. The van der Waals surface area contributed by atoms with Gasteiger partial charge in [-0.2, -0.15) is 0 Å². The van der Waals surface area contributed by atoms with Crippen molar-refractivity contribution in [2.45, 2.75) is 24.2 Å². The number of hydrogen-bond donors (Lipinski definition) is 1. The first-order chi connectivity index (χ1) is 14.7. The van der Waals surface area contributed by atoms with Crippen molar-refractivity contribution in [3.05, 3.63) is 111 Å². The molecule has 3 aromatic carbocycles. The molecule has 0 spiro atoms. The van der Waals surface area contributed by atoms with E-state index in [1.54, 1.807) is 0 Å². The molecule has 0 atom stereocenters. The highest BCUT2D eigenvalue weighted by Gasteiger charge is 2.12. The van der Waals surface area contributed by atoms with Gasteiger partial charge in [0.25, 0.3) is 5.56 Å². The highest BCUT2D eigenvalue weighted by Crippen LogP contribution is 2.32. The lowest BCUT2D eigenvalue weighted by atomic mass is 10.0. The first kappa shape index (κ1) is 18.8. The molecule has 146 valence electrons. The van der Waals surface area contributed by atoms with E-state index in [4.69, 9.17) is 0 Å². The number of rotatable bonds is 3. The number of fused-ring (bicyclic) bond motifs is 2. The van der Waals surface area contributed by atoms with Crippen LogP contribution in [0.5, 0.6) is 0 Å². The monoisotopic (exact) mass is 407 g/mol. The van der Waals surface area contributed by atoms with E-state index in [1.165, 1.54) is 21.6 Å². The third kappa shape index (κ3) is 4.06. The van der Waals surface area contributed by atoms with E-state index in [9.17, 15) is 4.79 Å². The van der Waals surface area contributed by atoms with Gasteiger partial charge in [0.05, 0.1) is 0 Å². The lowest BCUT2D eigenvalue weighted by Crippen LogP contribution is -2.12. The molecular weight excluding hydrogens is 386 g/mol. The van der Waals surface area contributed by atoms with Crippen molar-refractivity contribution >= 4 is 22.7 Å². The molecule has 0 radical (unpaired) electrons. The van der Waals surface area contributed by atoms with Crippen molar-refractivity contribution in [3.63, 3.8) is 0 Å². The molecule has 1 N–H and O–H groups in total. The molecule has 2 heterocycles.